The minimum atomic E-state index is -3.93. The van der Waals surface area contributed by atoms with Crippen molar-refractivity contribution < 1.29 is 22.5 Å². The minimum absolute atomic E-state index is 0.324. The molecular weight excluding hydrogens is 293 g/mol. The molecule has 1 aliphatic heterocycles. The number of nitrogens with two attached hydrogens (primary N) is 1. The highest BCUT2D eigenvalue weighted by molar-refractivity contribution is 7.89. The number of non-ortho nitro benzene ring substituents is 1. The molecule has 2 N–H and O–H groups in total. The molecule has 108 valence electrons. The van der Waals surface area contributed by atoms with Gasteiger partial charge in [0.2, 0.25) is 15.9 Å². The SMILES string of the molecule is NS(=O)(=O)C1CC(=O)N(c2cc([N+](=O)[O-])ccc2F)C1. The highest BCUT2D eigenvalue weighted by atomic mass is 32.2. The van der Waals surface area contributed by atoms with Crippen molar-refractivity contribution in [2.45, 2.75) is 11.7 Å². The Kier molecular flexibility index (Phi) is 3.44. The van der Waals surface area contributed by atoms with Crippen LogP contribution in [-0.4, -0.2) is 31.0 Å². The van der Waals surface area contributed by atoms with Crippen LogP contribution in [0.5, 0.6) is 0 Å². The zero-order chi connectivity index (χ0) is 15.1. The Morgan fingerprint density at radius 2 is 2.10 bits per heavy atom. The van der Waals surface area contributed by atoms with Gasteiger partial charge in [-0.3, -0.25) is 14.9 Å². The molecule has 0 radical (unpaired) electrons. The van der Waals surface area contributed by atoms with Crippen molar-refractivity contribution in [1.82, 2.24) is 0 Å². The Bertz CT molecular complexity index is 690. The number of nitro groups is 1. The Morgan fingerprint density at radius 1 is 1.45 bits per heavy atom. The fraction of sp³-hybridized carbons (Fsp3) is 0.300. The van der Waals surface area contributed by atoms with Gasteiger partial charge in [-0.15, -0.1) is 0 Å². The van der Waals surface area contributed by atoms with Crippen LogP contribution >= 0.6 is 0 Å². The highest BCUT2D eigenvalue weighted by Crippen LogP contribution is 2.29. The molecule has 1 saturated heterocycles. The van der Waals surface area contributed by atoms with Crippen LogP contribution in [0.3, 0.4) is 0 Å². The first kappa shape index (κ1) is 14.3. The molecule has 0 aliphatic carbocycles. The van der Waals surface area contributed by atoms with Gasteiger partial charge >= 0.3 is 0 Å². The molecule has 1 heterocycles. The summed E-state index contributed by atoms with van der Waals surface area (Å²) in [5, 5.41) is 14.5. The summed E-state index contributed by atoms with van der Waals surface area (Å²) in [6.07, 6.45) is -0.374. The number of carbonyl (C=O) groups is 1. The van der Waals surface area contributed by atoms with Crippen molar-refractivity contribution in [2.75, 3.05) is 11.4 Å². The number of halogens is 1. The molecule has 1 atom stereocenters. The van der Waals surface area contributed by atoms with E-state index in [-0.39, 0.29) is 18.7 Å². The number of hydrogen-bond acceptors (Lipinski definition) is 5. The van der Waals surface area contributed by atoms with Crippen molar-refractivity contribution in [3.05, 3.63) is 34.1 Å². The molecule has 1 fully saturated rings. The summed E-state index contributed by atoms with van der Waals surface area (Å²) in [6, 6.07) is 2.69. The maximum absolute atomic E-state index is 13.7. The number of primary sulfonamides is 1. The number of anilines is 1. The van der Waals surface area contributed by atoms with Gasteiger partial charge in [0.1, 0.15) is 11.1 Å². The number of nitrogens with zero attached hydrogens (tertiary/aromatic N) is 2. The maximum atomic E-state index is 13.7. The third-order valence-electron chi connectivity index (χ3n) is 2.99. The van der Waals surface area contributed by atoms with Gasteiger partial charge in [0.15, 0.2) is 0 Å². The second-order valence-electron chi connectivity index (χ2n) is 4.31. The molecule has 8 nitrogen and oxygen atoms in total. The molecule has 0 bridgehead atoms. The predicted molar refractivity (Wildman–Crippen MR) is 66.9 cm³/mol. The van der Waals surface area contributed by atoms with Crippen LogP contribution < -0.4 is 10.0 Å². The summed E-state index contributed by atoms with van der Waals surface area (Å²) in [7, 11) is -3.93. The van der Waals surface area contributed by atoms with Gasteiger partial charge in [0.05, 0.1) is 10.6 Å². The van der Waals surface area contributed by atoms with E-state index in [4.69, 9.17) is 5.14 Å². The molecule has 1 aliphatic rings. The molecule has 20 heavy (non-hydrogen) atoms. The van der Waals surface area contributed by atoms with Crippen LogP contribution in [0.4, 0.5) is 15.8 Å². The molecule has 0 saturated carbocycles. The monoisotopic (exact) mass is 303 g/mol. The van der Waals surface area contributed by atoms with Crippen molar-refractivity contribution in [3.8, 4) is 0 Å². The Labute approximate surface area is 113 Å². The van der Waals surface area contributed by atoms with E-state index >= 15 is 0 Å². The molecule has 1 aromatic carbocycles. The Hall–Kier alpha value is -2.07. The normalized spacial score (nSPS) is 19.4. The third-order valence-corrected chi connectivity index (χ3v) is 4.23. The standard InChI is InChI=1S/C10H10FN3O5S/c11-8-2-1-6(14(16)17)3-9(8)13-5-7(4-10(13)15)20(12,18)19/h1-3,7H,4-5H2,(H2,12,18,19). The van der Waals surface area contributed by atoms with E-state index in [9.17, 15) is 27.7 Å². The summed E-state index contributed by atoms with van der Waals surface area (Å²) in [5.41, 5.74) is -0.719. The molecule has 1 unspecified atom stereocenters. The quantitative estimate of drug-likeness (QED) is 0.627. The lowest BCUT2D eigenvalue weighted by Crippen LogP contribution is -2.32. The van der Waals surface area contributed by atoms with Crippen molar-refractivity contribution in [2.24, 2.45) is 5.14 Å². The van der Waals surface area contributed by atoms with E-state index in [0.29, 0.717) is 0 Å². The molecule has 1 aromatic rings. The fourth-order valence-corrected chi connectivity index (χ4v) is 2.68. The molecule has 2 rings (SSSR count). The molecule has 0 aromatic heterocycles. The number of sulfonamides is 1. The largest absolute Gasteiger partial charge is 0.308 e. The van der Waals surface area contributed by atoms with E-state index in [1.807, 2.05) is 0 Å². The second kappa shape index (κ2) is 4.80. The van der Waals surface area contributed by atoms with Crippen LogP contribution in [0.1, 0.15) is 6.42 Å². The molecule has 1 amide bonds. The summed E-state index contributed by atoms with van der Waals surface area (Å²) < 4.78 is 36.1. The minimum Gasteiger partial charge on any atom is -0.308 e. The van der Waals surface area contributed by atoms with Crippen LogP contribution in [0.15, 0.2) is 18.2 Å². The fourth-order valence-electron chi connectivity index (χ4n) is 1.95. The Morgan fingerprint density at radius 3 is 2.60 bits per heavy atom. The molecule has 0 spiro atoms. The number of hydrogen-bond donors (Lipinski definition) is 1. The van der Waals surface area contributed by atoms with Gasteiger partial charge in [-0.1, -0.05) is 0 Å². The van der Waals surface area contributed by atoms with E-state index in [1.54, 1.807) is 0 Å². The highest BCUT2D eigenvalue weighted by Gasteiger charge is 2.38. The summed E-state index contributed by atoms with van der Waals surface area (Å²) >= 11 is 0. The second-order valence-corrected chi connectivity index (χ2v) is 6.16. The van der Waals surface area contributed by atoms with E-state index in [2.05, 4.69) is 0 Å². The van der Waals surface area contributed by atoms with E-state index in [0.717, 1.165) is 23.1 Å². The van der Waals surface area contributed by atoms with Gasteiger partial charge in [0, 0.05) is 25.1 Å². The third kappa shape index (κ3) is 2.60. The number of benzene rings is 1. The first-order valence-electron chi connectivity index (χ1n) is 5.46. The first-order valence-corrected chi connectivity index (χ1v) is 7.07. The number of nitro benzene ring substituents is 1. The number of amides is 1. The average molecular weight is 303 g/mol. The average Bonchev–Trinajstić information content (AvgIpc) is 2.71. The van der Waals surface area contributed by atoms with Gasteiger partial charge in [-0.25, -0.2) is 17.9 Å². The van der Waals surface area contributed by atoms with Crippen molar-refractivity contribution in [3.63, 3.8) is 0 Å². The summed E-state index contributed by atoms with van der Waals surface area (Å²) in [6.45, 7) is -0.324. The maximum Gasteiger partial charge on any atom is 0.271 e. The topological polar surface area (TPSA) is 124 Å². The first-order chi connectivity index (χ1) is 9.20. The van der Waals surface area contributed by atoms with E-state index < -0.39 is 37.6 Å². The number of rotatable bonds is 3. The van der Waals surface area contributed by atoms with Gasteiger partial charge in [-0.05, 0) is 6.07 Å². The zero-order valence-corrected chi connectivity index (χ0v) is 10.8. The molecular formula is C10H10FN3O5S. The zero-order valence-electron chi connectivity index (χ0n) is 10.0. The number of carbonyl (C=O) groups excluding carboxylic acids is 1. The van der Waals surface area contributed by atoms with Crippen LogP contribution in [0.2, 0.25) is 0 Å². The van der Waals surface area contributed by atoms with Gasteiger partial charge < -0.3 is 4.90 Å². The smallest absolute Gasteiger partial charge is 0.271 e. The van der Waals surface area contributed by atoms with Gasteiger partial charge in [-0.2, -0.15) is 0 Å². The van der Waals surface area contributed by atoms with Gasteiger partial charge in [0.25, 0.3) is 5.69 Å². The van der Waals surface area contributed by atoms with Crippen LogP contribution in [0, 0.1) is 15.9 Å². The summed E-state index contributed by atoms with van der Waals surface area (Å²) in [4.78, 5) is 22.5. The summed E-state index contributed by atoms with van der Waals surface area (Å²) in [5.74, 6) is -1.50. The predicted octanol–water partition coefficient (Wildman–Crippen LogP) is 0.128. The lowest BCUT2D eigenvalue weighted by molar-refractivity contribution is -0.384. The van der Waals surface area contributed by atoms with Crippen LogP contribution in [-0.2, 0) is 14.8 Å². The van der Waals surface area contributed by atoms with Crippen molar-refractivity contribution >= 4 is 27.3 Å². The Balaban J connectivity index is 2.40. The van der Waals surface area contributed by atoms with Crippen LogP contribution in [0.25, 0.3) is 0 Å². The van der Waals surface area contributed by atoms with Crippen molar-refractivity contribution in [1.29, 1.82) is 0 Å². The lowest BCUT2D eigenvalue weighted by atomic mass is 10.2. The molecule has 10 heteroatoms. The lowest BCUT2D eigenvalue weighted by Gasteiger charge is -2.16. The van der Waals surface area contributed by atoms with E-state index in [1.165, 1.54) is 0 Å².